The normalized spacial score (nSPS) is 32.1. The van der Waals surface area contributed by atoms with Crippen molar-refractivity contribution in [1.29, 1.82) is 0 Å². The molecule has 2 nitrogen and oxygen atoms in total. The number of unbranched alkanes of at least 4 members (excludes halogenated alkanes) is 5. The molecule has 2 heteroatoms. The molecular weight excluding hydrogens is 284 g/mol. The lowest BCUT2D eigenvalue weighted by Gasteiger charge is -2.38. The van der Waals surface area contributed by atoms with Crippen molar-refractivity contribution in [3.05, 3.63) is 0 Å². The largest absolute Gasteiger partial charge is 0.373 e. The van der Waals surface area contributed by atoms with Gasteiger partial charge in [-0.05, 0) is 31.1 Å². The SMILES string of the molecule is CCCCCCCC1CCC(C2COC(CCCC)CO2)CC1. The molecule has 0 aromatic rings. The van der Waals surface area contributed by atoms with Gasteiger partial charge >= 0.3 is 0 Å². The molecule has 2 atom stereocenters. The monoisotopic (exact) mass is 324 g/mol. The van der Waals surface area contributed by atoms with Gasteiger partial charge in [-0.2, -0.15) is 0 Å². The maximum atomic E-state index is 6.16. The molecule has 0 aromatic carbocycles. The smallest absolute Gasteiger partial charge is 0.0838 e. The van der Waals surface area contributed by atoms with Crippen LogP contribution in [-0.4, -0.2) is 25.4 Å². The topological polar surface area (TPSA) is 18.5 Å². The van der Waals surface area contributed by atoms with Gasteiger partial charge < -0.3 is 9.47 Å². The molecule has 1 aliphatic heterocycles. The van der Waals surface area contributed by atoms with Crippen LogP contribution in [0.3, 0.4) is 0 Å². The molecule has 0 radical (unpaired) electrons. The van der Waals surface area contributed by atoms with Crippen LogP contribution in [0.15, 0.2) is 0 Å². The van der Waals surface area contributed by atoms with Gasteiger partial charge in [-0.25, -0.2) is 0 Å². The van der Waals surface area contributed by atoms with Crippen molar-refractivity contribution in [2.45, 2.75) is 110 Å². The lowest BCUT2D eigenvalue weighted by Crippen LogP contribution is -2.41. The molecule has 136 valence electrons. The predicted molar refractivity (Wildman–Crippen MR) is 97.8 cm³/mol. The van der Waals surface area contributed by atoms with Gasteiger partial charge in [0.05, 0.1) is 25.4 Å². The van der Waals surface area contributed by atoms with E-state index >= 15 is 0 Å². The minimum atomic E-state index is 0.366. The highest BCUT2D eigenvalue weighted by Crippen LogP contribution is 2.35. The highest BCUT2D eigenvalue weighted by Gasteiger charge is 2.31. The van der Waals surface area contributed by atoms with Crippen LogP contribution in [0.1, 0.15) is 97.3 Å². The van der Waals surface area contributed by atoms with Gasteiger partial charge in [-0.1, -0.05) is 78.1 Å². The van der Waals surface area contributed by atoms with Gasteiger partial charge in [0, 0.05) is 0 Å². The van der Waals surface area contributed by atoms with Gasteiger partial charge in [-0.3, -0.25) is 0 Å². The fourth-order valence-corrected chi connectivity index (χ4v) is 4.31. The first-order valence-corrected chi connectivity index (χ1v) is 10.6. The molecule has 1 saturated heterocycles. The summed E-state index contributed by atoms with van der Waals surface area (Å²) in [4.78, 5) is 0. The first-order chi connectivity index (χ1) is 11.3. The van der Waals surface area contributed by atoms with Crippen molar-refractivity contribution in [2.75, 3.05) is 13.2 Å². The van der Waals surface area contributed by atoms with Crippen molar-refractivity contribution in [2.24, 2.45) is 11.8 Å². The number of hydrogen-bond acceptors (Lipinski definition) is 2. The van der Waals surface area contributed by atoms with Crippen molar-refractivity contribution in [3.8, 4) is 0 Å². The van der Waals surface area contributed by atoms with E-state index in [9.17, 15) is 0 Å². The van der Waals surface area contributed by atoms with Gasteiger partial charge in [0.2, 0.25) is 0 Å². The van der Waals surface area contributed by atoms with E-state index in [0.29, 0.717) is 12.2 Å². The molecule has 2 aliphatic rings. The molecule has 1 heterocycles. The first-order valence-electron chi connectivity index (χ1n) is 10.6. The third kappa shape index (κ3) is 7.13. The Labute approximate surface area is 144 Å². The molecule has 2 fully saturated rings. The Kier molecular flexibility index (Phi) is 9.60. The number of ether oxygens (including phenoxy) is 2. The Morgan fingerprint density at radius 2 is 1.43 bits per heavy atom. The average Bonchev–Trinajstić information content (AvgIpc) is 2.61. The molecule has 23 heavy (non-hydrogen) atoms. The van der Waals surface area contributed by atoms with E-state index in [4.69, 9.17) is 9.47 Å². The van der Waals surface area contributed by atoms with Crippen molar-refractivity contribution in [1.82, 2.24) is 0 Å². The minimum absolute atomic E-state index is 0.366. The van der Waals surface area contributed by atoms with E-state index < -0.39 is 0 Å². The average molecular weight is 325 g/mol. The molecule has 2 unspecified atom stereocenters. The molecule has 0 amide bonds. The lowest BCUT2D eigenvalue weighted by molar-refractivity contribution is -0.157. The molecular formula is C21H40O2. The molecule has 2 rings (SSSR count). The summed E-state index contributed by atoms with van der Waals surface area (Å²) in [5.74, 6) is 1.76. The predicted octanol–water partition coefficient (Wildman–Crippen LogP) is 6.13. The highest BCUT2D eigenvalue weighted by molar-refractivity contribution is 4.81. The second-order valence-corrected chi connectivity index (χ2v) is 7.95. The van der Waals surface area contributed by atoms with E-state index in [1.54, 1.807) is 0 Å². The maximum Gasteiger partial charge on any atom is 0.0838 e. The molecule has 1 aliphatic carbocycles. The summed E-state index contributed by atoms with van der Waals surface area (Å²) in [6, 6.07) is 0. The Balaban J connectivity index is 1.54. The number of rotatable bonds is 10. The summed E-state index contributed by atoms with van der Waals surface area (Å²) in [6.07, 6.45) is 18.6. The fourth-order valence-electron chi connectivity index (χ4n) is 4.31. The summed E-state index contributed by atoms with van der Waals surface area (Å²) in [5.41, 5.74) is 0. The van der Waals surface area contributed by atoms with Crippen LogP contribution in [0.25, 0.3) is 0 Å². The molecule has 0 bridgehead atoms. The Morgan fingerprint density at radius 1 is 0.696 bits per heavy atom. The van der Waals surface area contributed by atoms with Gasteiger partial charge in [0.1, 0.15) is 0 Å². The van der Waals surface area contributed by atoms with Crippen LogP contribution >= 0.6 is 0 Å². The van der Waals surface area contributed by atoms with E-state index in [1.165, 1.54) is 83.5 Å². The lowest BCUT2D eigenvalue weighted by atomic mass is 9.77. The van der Waals surface area contributed by atoms with Crippen molar-refractivity contribution >= 4 is 0 Å². The zero-order valence-corrected chi connectivity index (χ0v) is 15.7. The van der Waals surface area contributed by atoms with Gasteiger partial charge in [-0.15, -0.1) is 0 Å². The maximum absolute atomic E-state index is 6.16. The zero-order chi connectivity index (χ0) is 16.3. The van der Waals surface area contributed by atoms with Crippen LogP contribution < -0.4 is 0 Å². The van der Waals surface area contributed by atoms with E-state index in [-0.39, 0.29) is 0 Å². The summed E-state index contributed by atoms with van der Waals surface area (Å²) in [5, 5.41) is 0. The Hall–Kier alpha value is -0.0800. The Morgan fingerprint density at radius 3 is 2.09 bits per heavy atom. The zero-order valence-electron chi connectivity index (χ0n) is 15.7. The van der Waals surface area contributed by atoms with Crippen LogP contribution in [0.4, 0.5) is 0 Å². The molecule has 0 aromatic heterocycles. The molecule has 0 spiro atoms. The second-order valence-electron chi connectivity index (χ2n) is 7.95. The van der Waals surface area contributed by atoms with Crippen LogP contribution in [0, 0.1) is 11.8 Å². The quantitative estimate of drug-likeness (QED) is 0.450. The summed E-state index contributed by atoms with van der Waals surface area (Å²) in [7, 11) is 0. The van der Waals surface area contributed by atoms with E-state index in [1.807, 2.05) is 0 Å². The second kappa shape index (κ2) is 11.5. The fraction of sp³-hybridized carbons (Fsp3) is 1.00. The standard InChI is InChI=1S/C21H40O2/c1-3-5-7-8-9-10-18-12-14-19(15-13-18)21-17-22-20(16-23-21)11-6-4-2/h18-21H,3-17H2,1-2H3. The van der Waals surface area contributed by atoms with E-state index in [2.05, 4.69) is 13.8 Å². The Bertz CT molecular complexity index is 276. The minimum Gasteiger partial charge on any atom is -0.373 e. The van der Waals surface area contributed by atoms with Crippen LogP contribution in [0.5, 0.6) is 0 Å². The molecule has 1 saturated carbocycles. The summed E-state index contributed by atoms with van der Waals surface area (Å²) in [6.45, 7) is 6.22. The third-order valence-electron chi connectivity index (χ3n) is 6.01. The first kappa shape index (κ1) is 19.2. The number of hydrogen-bond donors (Lipinski definition) is 0. The van der Waals surface area contributed by atoms with Crippen LogP contribution in [-0.2, 0) is 9.47 Å². The summed E-state index contributed by atoms with van der Waals surface area (Å²) < 4.78 is 12.2. The highest BCUT2D eigenvalue weighted by atomic mass is 16.6. The van der Waals surface area contributed by atoms with Crippen molar-refractivity contribution < 1.29 is 9.47 Å². The van der Waals surface area contributed by atoms with Crippen molar-refractivity contribution in [3.63, 3.8) is 0 Å². The summed E-state index contributed by atoms with van der Waals surface area (Å²) >= 11 is 0. The van der Waals surface area contributed by atoms with Crippen LogP contribution in [0.2, 0.25) is 0 Å². The van der Waals surface area contributed by atoms with Gasteiger partial charge in [0.15, 0.2) is 0 Å². The van der Waals surface area contributed by atoms with E-state index in [0.717, 1.165) is 25.0 Å². The third-order valence-corrected chi connectivity index (χ3v) is 6.01. The molecule has 0 N–H and O–H groups in total. The van der Waals surface area contributed by atoms with Gasteiger partial charge in [0.25, 0.3) is 0 Å².